The zero-order chi connectivity index (χ0) is 56.9. The van der Waals surface area contributed by atoms with Crippen molar-refractivity contribution in [2.45, 2.75) is 5.92 Å². The normalized spacial score (nSPS) is 12.5. The Hall–Kier alpha value is -11.4. The lowest BCUT2D eigenvalue weighted by Crippen LogP contribution is -2.10. The van der Waals surface area contributed by atoms with Gasteiger partial charge >= 0.3 is 0 Å². The fraction of sp³-hybridized carbons (Fsp3) is 0.0123. The predicted octanol–water partition coefficient (Wildman–Crippen LogP) is 21.5. The van der Waals surface area contributed by atoms with Crippen LogP contribution in [-0.4, -0.2) is 14.5 Å². The zero-order valence-corrected chi connectivity index (χ0v) is 47.0. The van der Waals surface area contributed by atoms with E-state index in [2.05, 4.69) is 330 Å². The molecule has 0 amide bonds. The van der Waals surface area contributed by atoms with E-state index < -0.39 is 0 Å². The monoisotopic (exact) mass is 1100 g/mol. The molecule has 16 rings (SSSR count). The molecule has 1 aliphatic carbocycles. The first-order chi connectivity index (χ1) is 42.6. The van der Waals surface area contributed by atoms with Gasteiger partial charge in [0.2, 0.25) is 0 Å². The van der Waals surface area contributed by atoms with Crippen molar-refractivity contribution < 1.29 is 0 Å². The maximum absolute atomic E-state index is 5.42. The van der Waals surface area contributed by atoms with Crippen molar-refractivity contribution in [3.8, 4) is 61.6 Å². The molecule has 0 N–H and O–H groups in total. The van der Waals surface area contributed by atoms with E-state index >= 15 is 0 Å². The summed E-state index contributed by atoms with van der Waals surface area (Å²) in [5.41, 5.74) is 26.2. The van der Waals surface area contributed by atoms with Crippen LogP contribution in [0.4, 0.5) is 34.1 Å². The van der Waals surface area contributed by atoms with Crippen LogP contribution in [0.5, 0.6) is 0 Å². The van der Waals surface area contributed by atoms with Crippen LogP contribution in [0, 0.1) is 0 Å². The van der Waals surface area contributed by atoms with E-state index in [1.54, 1.807) is 0 Å². The van der Waals surface area contributed by atoms with Crippen LogP contribution in [0.15, 0.2) is 328 Å². The predicted molar refractivity (Wildman–Crippen MR) is 358 cm³/mol. The maximum Gasteiger partial charge on any atom is 0.0973 e. The molecular weight excluding hydrogens is 1040 g/mol. The van der Waals surface area contributed by atoms with E-state index in [1.807, 2.05) is 12.1 Å². The van der Waals surface area contributed by atoms with Gasteiger partial charge in [-0.3, -0.25) is 0 Å². The average Bonchev–Trinajstić information content (AvgIpc) is 1.85. The molecule has 0 radical (unpaired) electrons. The summed E-state index contributed by atoms with van der Waals surface area (Å²) in [6, 6.07) is 118. The van der Waals surface area contributed by atoms with Gasteiger partial charge in [-0.2, -0.15) is 0 Å². The first-order valence-corrected chi connectivity index (χ1v) is 29.4. The van der Waals surface area contributed by atoms with Crippen molar-refractivity contribution in [3.63, 3.8) is 0 Å². The molecule has 0 fully saturated rings. The van der Waals surface area contributed by atoms with E-state index in [0.29, 0.717) is 0 Å². The van der Waals surface area contributed by atoms with Gasteiger partial charge in [-0.25, -0.2) is 9.97 Å². The topological polar surface area (TPSA) is 37.2 Å². The molecule has 1 unspecified atom stereocenters. The molecule has 15 aromatic rings. The third-order valence-corrected chi connectivity index (χ3v) is 17.1. The van der Waals surface area contributed by atoms with Gasteiger partial charge in [-0.1, -0.05) is 218 Å². The van der Waals surface area contributed by atoms with Gasteiger partial charge in [0.15, 0.2) is 0 Å². The summed E-state index contributed by atoms with van der Waals surface area (Å²) in [5.74, 6) is 0.162. The Morgan fingerprint density at radius 3 is 1.22 bits per heavy atom. The fourth-order valence-corrected chi connectivity index (χ4v) is 13.0. The Morgan fingerprint density at radius 1 is 0.267 bits per heavy atom. The molecule has 2 aromatic heterocycles. The van der Waals surface area contributed by atoms with Crippen LogP contribution in [0.1, 0.15) is 22.6 Å². The molecule has 1 atom stereocenters. The summed E-state index contributed by atoms with van der Waals surface area (Å²) in [5, 5.41) is 2.39. The van der Waals surface area contributed by atoms with Crippen LogP contribution in [-0.2, 0) is 0 Å². The van der Waals surface area contributed by atoms with Gasteiger partial charge in [0.05, 0.1) is 33.5 Å². The number of benzene rings is 13. The molecule has 1 aliphatic rings. The third-order valence-electron chi connectivity index (χ3n) is 17.1. The number of nitrogens with zero attached hydrogens (tertiary/aromatic N) is 5. The summed E-state index contributed by atoms with van der Waals surface area (Å²) in [4.78, 5) is 15.6. The third kappa shape index (κ3) is 8.98. The van der Waals surface area contributed by atoms with Crippen LogP contribution in [0.2, 0.25) is 0 Å². The molecule has 5 heteroatoms. The number of rotatable bonds is 12. The second-order valence-electron chi connectivity index (χ2n) is 22.1. The van der Waals surface area contributed by atoms with Crippen LogP contribution >= 0.6 is 0 Å². The van der Waals surface area contributed by atoms with Gasteiger partial charge in [0.25, 0.3) is 0 Å². The molecule has 86 heavy (non-hydrogen) atoms. The quantitative estimate of drug-likeness (QED) is 0.122. The Balaban J connectivity index is 0.793. The average molecular weight is 1100 g/mol. The SMILES string of the molecule is c1ccc(-c2ccc(N(c3ccc(-c4nc5ccccc5nc4-c4ccc(N(c5ccc(-c6ccccc6)cc5)c5ccc6c(c5)c5ccccc5n6-c5ccccc5)cc4)cc3)c3ccc4c(c3)-c3ccccc3C4c3ccccc3)cc2)cc1. The molecule has 0 aliphatic heterocycles. The Bertz CT molecular complexity index is 4950. The van der Waals surface area contributed by atoms with Gasteiger partial charge < -0.3 is 14.4 Å². The van der Waals surface area contributed by atoms with Crippen molar-refractivity contribution in [1.29, 1.82) is 0 Å². The highest BCUT2D eigenvalue weighted by atomic mass is 15.1. The van der Waals surface area contributed by atoms with E-state index in [4.69, 9.17) is 9.97 Å². The minimum Gasteiger partial charge on any atom is -0.310 e. The van der Waals surface area contributed by atoms with Crippen molar-refractivity contribution in [2.24, 2.45) is 0 Å². The number of aromatic nitrogens is 3. The van der Waals surface area contributed by atoms with Crippen molar-refractivity contribution in [2.75, 3.05) is 9.80 Å². The number of hydrogen-bond donors (Lipinski definition) is 0. The summed E-state index contributed by atoms with van der Waals surface area (Å²) in [6.45, 7) is 0. The summed E-state index contributed by atoms with van der Waals surface area (Å²) in [6.07, 6.45) is 0. The first-order valence-electron chi connectivity index (χ1n) is 29.4. The largest absolute Gasteiger partial charge is 0.310 e. The van der Waals surface area contributed by atoms with Gasteiger partial charge in [-0.05, 0) is 159 Å². The molecule has 0 saturated heterocycles. The molecular formula is C81H55N5. The molecule has 13 aromatic carbocycles. The van der Waals surface area contributed by atoms with Gasteiger partial charge in [-0.15, -0.1) is 0 Å². The molecule has 0 spiro atoms. The van der Waals surface area contributed by atoms with Gasteiger partial charge in [0.1, 0.15) is 0 Å². The minimum absolute atomic E-state index is 0.162. The molecule has 5 nitrogen and oxygen atoms in total. The molecule has 0 saturated carbocycles. The Morgan fingerprint density at radius 2 is 0.663 bits per heavy atom. The van der Waals surface area contributed by atoms with Crippen LogP contribution in [0.3, 0.4) is 0 Å². The highest BCUT2D eigenvalue weighted by Crippen LogP contribution is 2.51. The second-order valence-corrected chi connectivity index (χ2v) is 22.1. The van der Waals surface area contributed by atoms with E-state index in [-0.39, 0.29) is 5.92 Å². The Kier molecular flexibility index (Phi) is 12.5. The van der Waals surface area contributed by atoms with Crippen LogP contribution < -0.4 is 9.80 Å². The number of anilines is 6. The van der Waals surface area contributed by atoms with Crippen LogP contribution in [0.25, 0.3) is 94.4 Å². The van der Waals surface area contributed by atoms with Gasteiger partial charge in [0, 0.05) is 67.6 Å². The van der Waals surface area contributed by atoms with E-state index in [0.717, 1.165) is 78.9 Å². The summed E-state index contributed by atoms with van der Waals surface area (Å²) < 4.78 is 2.37. The number of fused-ring (bicyclic) bond motifs is 7. The summed E-state index contributed by atoms with van der Waals surface area (Å²) in [7, 11) is 0. The fourth-order valence-electron chi connectivity index (χ4n) is 13.0. The second kappa shape index (κ2) is 21.4. The van der Waals surface area contributed by atoms with E-state index in [1.165, 1.54) is 66.4 Å². The maximum atomic E-state index is 5.42. The first kappa shape index (κ1) is 50.3. The lowest BCUT2D eigenvalue weighted by atomic mass is 9.89. The van der Waals surface area contributed by atoms with E-state index in [9.17, 15) is 0 Å². The van der Waals surface area contributed by atoms with Crippen molar-refractivity contribution >= 4 is 67.0 Å². The highest BCUT2D eigenvalue weighted by Gasteiger charge is 2.31. The minimum atomic E-state index is 0.162. The molecule has 2 heterocycles. The number of hydrogen-bond acceptors (Lipinski definition) is 4. The smallest absolute Gasteiger partial charge is 0.0973 e. The summed E-state index contributed by atoms with van der Waals surface area (Å²) >= 11 is 0. The zero-order valence-electron chi connectivity index (χ0n) is 47.0. The molecule has 404 valence electrons. The standard InChI is InChI=1S/C81H55N5/c1-5-19-55(20-6-1)57-33-41-63(42-34-57)84(67-49-51-72-73(53-67)69-27-13-14-29-71(69)79(72)59-23-9-3-10-24-59)65-45-37-60(38-46-65)80-81(83-76-31-17-16-30-75(76)82-80)61-39-47-66(48-40-61)85(64-43-35-58(36-44-64)56-21-7-2-8-22-56)68-50-52-78-74(54-68)70-28-15-18-32-77(70)86(78)62-25-11-4-12-26-62/h1-54,79H. The van der Waals surface area contributed by atoms with Crippen molar-refractivity contribution in [1.82, 2.24) is 14.5 Å². The number of para-hydroxylation sites is 4. The lowest BCUT2D eigenvalue weighted by molar-refractivity contribution is 1.01. The Labute approximate surface area is 500 Å². The highest BCUT2D eigenvalue weighted by molar-refractivity contribution is 6.11. The molecule has 0 bridgehead atoms. The van der Waals surface area contributed by atoms with Crippen molar-refractivity contribution in [3.05, 3.63) is 344 Å². The lowest BCUT2D eigenvalue weighted by Gasteiger charge is -2.27.